The van der Waals surface area contributed by atoms with E-state index in [9.17, 15) is 4.79 Å². The lowest BCUT2D eigenvalue weighted by Gasteiger charge is -2.28. The van der Waals surface area contributed by atoms with Crippen LogP contribution in [0.15, 0.2) is 33.6 Å². The van der Waals surface area contributed by atoms with Gasteiger partial charge in [-0.05, 0) is 54.4 Å². The summed E-state index contributed by atoms with van der Waals surface area (Å²) in [6.45, 7) is 3.17. The van der Waals surface area contributed by atoms with Crippen molar-refractivity contribution in [1.29, 1.82) is 0 Å². The lowest BCUT2D eigenvalue weighted by molar-refractivity contribution is -0.121. The third-order valence-corrected chi connectivity index (χ3v) is 5.44. The fourth-order valence-electron chi connectivity index (χ4n) is 2.38. The van der Waals surface area contributed by atoms with E-state index in [1.165, 1.54) is 4.90 Å². The summed E-state index contributed by atoms with van der Waals surface area (Å²) in [5, 5.41) is 6.54. The van der Waals surface area contributed by atoms with Gasteiger partial charge in [-0.3, -0.25) is 4.79 Å². The van der Waals surface area contributed by atoms with Crippen molar-refractivity contribution in [3.8, 4) is 0 Å². The van der Waals surface area contributed by atoms with Crippen molar-refractivity contribution in [2.24, 2.45) is 0 Å². The van der Waals surface area contributed by atoms with E-state index in [4.69, 9.17) is 0 Å². The summed E-state index contributed by atoms with van der Waals surface area (Å²) in [5.74, 6) is 0.985. The number of amides is 1. The summed E-state index contributed by atoms with van der Waals surface area (Å²) in [6.07, 6.45) is 2.64. The van der Waals surface area contributed by atoms with Gasteiger partial charge in [0.2, 0.25) is 5.91 Å². The molecule has 0 saturated carbocycles. The minimum absolute atomic E-state index is 0.170. The summed E-state index contributed by atoms with van der Waals surface area (Å²) in [7, 11) is 0. The average Bonchev–Trinajstić information content (AvgIpc) is 2.41. The van der Waals surface area contributed by atoms with Crippen molar-refractivity contribution < 1.29 is 4.79 Å². The Kier molecular flexibility index (Phi) is 6.39. The Bertz CT molecular complexity index is 455. The van der Waals surface area contributed by atoms with Crippen LogP contribution in [0.25, 0.3) is 0 Å². The summed E-state index contributed by atoms with van der Waals surface area (Å²) in [6, 6.07) is 8.96. The van der Waals surface area contributed by atoms with Crippen LogP contribution in [0.2, 0.25) is 0 Å². The van der Waals surface area contributed by atoms with Crippen LogP contribution in [0.3, 0.4) is 0 Å². The second kappa shape index (κ2) is 8.05. The number of thioether (sulfide) groups is 1. The number of carbonyl (C=O) groups is 1. The molecule has 1 fully saturated rings. The summed E-state index contributed by atoms with van der Waals surface area (Å²) in [5.41, 5.74) is 0. The maximum atomic E-state index is 11.9. The van der Waals surface area contributed by atoms with E-state index in [1.54, 1.807) is 11.8 Å². The molecule has 2 unspecified atom stereocenters. The number of rotatable bonds is 5. The van der Waals surface area contributed by atoms with Crippen LogP contribution in [0.4, 0.5) is 0 Å². The first-order chi connectivity index (χ1) is 9.65. The van der Waals surface area contributed by atoms with E-state index < -0.39 is 0 Å². The van der Waals surface area contributed by atoms with Crippen molar-refractivity contribution >= 4 is 33.6 Å². The lowest BCUT2D eigenvalue weighted by Crippen LogP contribution is -2.46. The van der Waals surface area contributed by atoms with E-state index in [2.05, 4.69) is 39.6 Å². The molecule has 2 rings (SSSR count). The van der Waals surface area contributed by atoms with Gasteiger partial charge in [0.05, 0.1) is 0 Å². The molecule has 0 spiro atoms. The molecule has 0 aliphatic carbocycles. The molecule has 1 aromatic carbocycles. The van der Waals surface area contributed by atoms with Gasteiger partial charge in [-0.25, -0.2) is 0 Å². The highest BCUT2D eigenvalue weighted by atomic mass is 79.9. The number of benzene rings is 1. The van der Waals surface area contributed by atoms with Crippen LogP contribution in [0.1, 0.15) is 26.2 Å². The second-order valence-electron chi connectivity index (χ2n) is 5.17. The maximum absolute atomic E-state index is 11.9. The van der Waals surface area contributed by atoms with Crippen LogP contribution in [0, 0.1) is 0 Å². The Morgan fingerprint density at radius 2 is 2.30 bits per heavy atom. The van der Waals surface area contributed by atoms with E-state index in [0.717, 1.165) is 29.6 Å². The molecule has 2 N–H and O–H groups in total. The molecule has 5 heteroatoms. The molecule has 1 saturated heterocycles. The van der Waals surface area contributed by atoms with Gasteiger partial charge < -0.3 is 10.6 Å². The van der Waals surface area contributed by atoms with E-state index in [-0.39, 0.29) is 5.91 Å². The molecule has 3 nitrogen and oxygen atoms in total. The lowest BCUT2D eigenvalue weighted by atomic mass is 10.0. The standard InChI is InChI=1S/C15H21BrN2OS/c1-11-10-12(6-8-17-11)18-15(19)7-9-20-14-5-3-2-4-13(14)16/h2-5,11-12,17H,6-10H2,1H3,(H,18,19). The largest absolute Gasteiger partial charge is 0.353 e. The molecule has 1 aliphatic heterocycles. The highest BCUT2D eigenvalue weighted by Gasteiger charge is 2.19. The normalized spacial score (nSPS) is 22.5. The molecule has 2 atom stereocenters. The highest BCUT2D eigenvalue weighted by molar-refractivity contribution is 9.10. The van der Waals surface area contributed by atoms with E-state index in [1.807, 2.05) is 18.2 Å². The van der Waals surface area contributed by atoms with Crippen molar-refractivity contribution in [3.63, 3.8) is 0 Å². The van der Waals surface area contributed by atoms with Crippen molar-refractivity contribution in [1.82, 2.24) is 10.6 Å². The zero-order valence-electron chi connectivity index (χ0n) is 11.7. The minimum Gasteiger partial charge on any atom is -0.353 e. The van der Waals surface area contributed by atoms with E-state index >= 15 is 0 Å². The van der Waals surface area contributed by atoms with Crippen LogP contribution >= 0.6 is 27.7 Å². The van der Waals surface area contributed by atoms with Crippen LogP contribution in [0.5, 0.6) is 0 Å². The second-order valence-corrected chi connectivity index (χ2v) is 7.16. The Hall–Kier alpha value is -0.520. The molecule has 1 heterocycles. The van der Waals surface area contributed by atoms with Crippen molar-refractivity contribution in [3.05, 3.63) is 28.7 Å². The number of nitrogens with one attached hydrogen (secondary N) is 2. The first-order valence-electron chi connectivity index (χ1n) is 7.05. The van der Waals surface area contributed by atoms with Gasteiger partial charge >= 0.3 is 0 Å². The van der Waals surface area contributed by atoms with Crippen LogP contribution in [-0.4, -0.2) is 30.3 Å². The van der Waals surface area contributed by atoms with Gasteiger partial charge in [0.15, 0.2) is 0 Å². The van der Waals surface area contributed by atoms with Gasteiger partial charge in [-0.1, -0.05) is 12.1 Å². The molecule has 1 amide bonds. The SMILES string of the molecule is CC1CC(NC(=O)CCSc2ccccc2Br)CCN1. The summed E-state index contributed by atoms with van der Waals surface area (Å²) >= 11 is 5.24. The Morgan fingerprint density at radius 1 is 1.50 bits per heavy atom. The first kappa shape index (κ1) is 15.9. The molecule has 1 aliphatic rings. The molecule has 0 bridgehead atoms. The quantitative estimate of drug-likeness (QED) is 0.796. The molecule has 0 radical (unpaired) electrons. The predicted molar refractivity (Wildman–Crippen MR) is 88.1 cm³/mol. The van der Waals surface area contributed by atoms with Gasteiger partial charge in [-0.15, -0.1) is 11.8 Å². The maximum Gasteiger partial charge on any atom is 0.221 e. The first-order valence-corrected chi connectivity index (χ1v) is 8.83. The van der Waals surface area contributed by atoms with Crippen molar-refractivity contribution in [2.45, 2.75) is 43.2 Å². The number of hydrogen-bond acceptors (Lipinski definition) is 3. The Morgan fingerprint density at radius 3 is 3.05 bits per heavy atom. The van der Waals surface area contributed by atoms with Gasteiger partial charge in [0.1, 0.15) is 0 Å². The molecule has 0 aromatic heterocycles. The van der Waals surface area contributed by atoms with Gasteiger partial charge in [0.25, 0.3) is 0 Å². The topological polar surface area (TPSA) is 41.1 Å². The number of hydrogen-bond donors (Lipinski definition) is 2. The third kappa shape index (κ3) is 5.11. The molecule has 20 heavy (non-hydrogen) atoms. The van der Waals surface area contributed by atoms with Crippen molar-refractivity contribution in [2.75, 3.05) is 12.3 Å². The van der Waals surface area contributed by atoms with Gasteiger partial charge in [0, 0.05) is 33.6 Å². The number of halogens is 1. The number of carbonyl (C=O) groups excluding carboxylic acids is 1. The fraction of sp³-hybridized carbons (Fsp3) is 0.533. The molecule has 110 valence electrons. The molecule has 1 aromatic rings. The third-order valence-electron chi connectivity index (χ3n) is 3.41. The zero-order chi connectivity index (χ0) is 14.4. The number of piperidine rings is 1. The summed E-state index contributed by atoms with van der Waals surface area (Å²) < 4.78 is 1.09. The Balaban J connectivity index is 1.69. The monoisotopic (exact) mass is 356 g/mol. The van der Waals surface area contributed by atoms with E-state index in [0.29, 0.717) is 18.5 Å². The highest BCUT2D eigenvalue weighted by Crippen LogP contribution is 2.27. The Labute approximate surface area is 133 Å². The smallest absolute Gasteiger partial charge is 0.221 e. The van der Waals surface area contributed by atoms with Crippen LogP contribution in [-0.2, 0) is 4.79 Å². The predicted octanol–water partition coefficient (Wildman–Crippen LogP) is 3.19. The average molecular weight is 357 g/mol. The molecular weight excluding hydrogens is 336 g/mol. The summed E-state index contributed by atoms with van der Waals surface area (Å²) in [4.78, 5) is 13.1. The van der Waals surface area contributed by atoms with Gasteiger partial charge in [-0.2, -0.15) is 0 Å². The fourth-order valence-corrected chi connectivity index (χ4v) is 3.89. The molecular formula is C15H21BrN2OS. The van der Waals surface area contributed by atoms with Crippen LogP contribution < -0.4 is 10.6 Å². The minimum atomic E-state index is 0.170. The zero-order valence-corrected chi connectivity index (χ0v) is 14.1.